The van der Waals surface area contributed by atoms with Crippen LogP contribution in [0.15, 0.2) is 24.3 Å². The normalized spacial score (nSPS) is 17.7. The Morgan fingerprint density at radius 2 is 1.67 bits per heavy atom. The second-order valence-electron chi connectivity index (χ2n) is 7.00. The maximum atomic E-state index is 12.1. The van der Waals surface area contributed by atoms with Crippen molar-refractivity contribution in [2.75, 3.05) is 39.8 Å². The molecule has 0 bridgehead atoms. The fraction of sp³-hybridized carbons (Fsp3) is 0.632. The van der Waals surface area contributed by atoms with Crippen LogP contribution >= 0.6 is 0 Å². The maximum Gasteiger partial charge on any atom is 0.234 e. The molecule has 0 aliphatic carbocycles. The van der Waals surface area contributed by atoms with Crippen molar-refractivity contribution in [3.05, 3.63) is 29.8 Å². The minimum Gasteiger partial charge on any atom is -0.497 e. The van der Waals surface area contributed by atoms with Crippen LogP contribution in [0.25, 0.3) is 0 Å². The number of ether oxygens (including phenoxy) is 1. The van der Waals surface area contributed by atoms with Gasteiger partial charge in [0, 0.05) is 38.8 Å². The van der Waals surface area contributed by atoms with E-state index in [0.29, 0.717) is 12.5 Å². The Balaban J connectivity index is 1.71. The number of nitrogens with zero attached hydrogens (tertiary/aromatic N) is 2. The zero-order chi connectivity index (χ0) is 17.5. The van der Waals surface area contributed by atoms with Crippen LogP contribution in [-0.2, 0) is 11.3 Å². The third-order valence-corrected chi connectivity index (χ3v) is 4.79. The summed E-state index contributed by atoms with van der Waals surface area (Å²) in [6, 6.07) is 8.48. The van der Waals surface area contributed by atoms with E-state index in [1.54, 1.807) is 7.11 Å². The molecule has 1 saturated heterocycles. The van der Waals surface area contributed by atoms with E-state index in [9.17, 15) is 4.79 Å². The summed E-state index contributed by atoms with van der Waals surface area (Å²) in [6.45, 7) is 11.7. The number of rotatable bonds is 7. The number of amides is 1. The van der Waals surface area contributed by atoms with Crippen molar-refractivity contribution in [1.82, 2.24) is 15.1 Å². The lowest BCUT2D eigenvalue weighted by Gasteiger charge is -2.34. The Hall–Kier alpha value is -1.59. The Morgan fingerprint density at radius 1 is 1.08 bits per heavy atom. The lowest BCUT2D eigenvalue weighted by Crippen LogP contribution is -2.50. The standard InChI is InChI=1S/C19H31N3O2/c1-15(2)16(3)20-19(23)14-22-11-9-21(10-12-22)13-17-5-7-18(24-4)8-6-17/h5-8,15-16H,9-14H2,1-4H3,(H,20,23)/t16-/m1/s1. The van der Waals surface area contributed by atoms with Gasteiger partial charge in [0.1, 0.15) is 5.75 Å². The van der Waals surface area contributed by atoms with Gasteiger partial charge in [-0.1, -0.05) is 26.0 Å². The van der Waals surface area contributed by atoms with Crippen LogP contribution in [0, 0.1) is 5.92 Å². The molecular formula is C19H31N3O2. The van der Waals surface area contributed by atoms with E-state index < -0.39 is 0 Å². The van der Waals surface area contributed by atoms with Crippen molar-refractivity contribution in [3.8, 4) is 5.75 Å². The van der Waals surface area contributed by atoms with Crippen LogP contribution in [0.4, 0.5) is 0 Å². The smallest absolute Gasteiger partial charge is 0.234 e. The summed E-state index contributed by atoms with van der Waals surface area (Å²) in [5, 5.41) is 3.08. The minimum absolute atomic E-state index is 0.139. The van der Waals surface area contributed by atoms with Crippen molar-refractivity contribution in [1.29, 1.82) is 0 Å². The summed E-state index contributed by atoms with van der Waals surface area (Å²) < 4.78 is 5.19. The van der Waals surface area contributed by atoms with Crippen LogP contribution in [-0.4, -0.2) is 61.6 Å². The van der Waals surface area contributed by atoms with Gasteiger partial charge in [0.2, 0.25) is 5.91 Å². The Morgan fingerprint density at radius 3 is 2.21 bits per heavy atom. The molecule has 0 unspecified atom stereocenters. The molecule has 1 heterocycles. The average molecular weight is 333 g/mol. The molecule has 1 N–H and O–H groups in total. The SMILES string of the molecule is COc1ccc(CN2CCN(CC(=O)N[C@H](C)C(C)C)CC2)cc1. The van der Waals surface area contributed by atoms with Crippen molar-refractivity contribution >= 4 is 5.91 Å². The number of hydrogen-bond acceptors (Lipinski definition) is 4. The molecule has 1 amide bonds. The van der Waals surface area contributed by atoms with E-state index in [2.05, 4.69) is 48.0 Å². The molecule has 0 spiro atoms. The quantitative estimate of drug-likeness (QED) is 0.829. The van der Waals surface area contributed by atoms with E-state index >= 15 is 0 Å². The van der Waals surface area contributed by atoms with Gasteiger partial charge in [0.15, 0.2) is 0 Å². The first-order valence-corrected chi connectivity index (χ1v) is 8.85. The maximum absolute atomic E-state index is 12.1. The number of benzene rings is 1. The van der Waals surface area contributed by atoms with Crippen LogP contribution in [0.1, 0.15) is 26.3 Å². The molecule has 134 valence electrons. The number of carbonyl (C=O) groups excluding carboxylic acids is 1. The molecule has 1 aliphatic rings. The van der Waals surface area contributed by atoms with Gasteiger partial charge in [-0.3, -0.25) is 14.6 Å². The average Bonchev–Trinajstić information content (AvgIpc) is 2.57. The number of piperazine rings is 1. The number of hydrogen-bond donors (Lipinski definition) is 1. The van der Waals surface area contributed by atoms with Gasteiger partial charge in [-0.05, 0) is 30.5 Å². The molecule has 1 aromatic carbocycles. The van der Waals surface area contributed by atoms with Crippen molar-refractivity contribution < 1.29 is 9.53 Å². The molecule has 5 heteroatoms. The third kappa shape index (κ3) is 5.80. The van der Waals surface area contributed by atoms with Gasteiger partial charge in [-0.2, -0.15) is 0 Å². The lowest BCUT2D eigenvalue weighted by molar-refractivity contribution is -0.123. The van der Waals surface area contributed by atoms with E-state index in [1.165, 1.54) is 5.56 Å². The Bertz CT molecular complexity index is 508. The van der Waals surface area contributed by atoms with Crippen molar-refractivity contribution in [2.24, 2.45) is 5.92 Å². The van der Waals surface area contributed by atoms with Crippen LogP contribution in [0.3, 0.4) is 0 Å². The zero-order valence-electron chi connectivity index (χ0n) is 15.4. The van der Waals surface area contributed by atoms with Gasteiger partial charge >= 0.3 is 0 Å². The number of methoxy groups -OCH3 is 1. The highest BCUT2D eigenvalue weighted by Gasteiger charge is 2.20. The molecule has 5 nitrogen and oxygen atoms in total. The van der Waals surface area contributed by atoms with Crippen LogP contribution in [0.2, 0.25) is 0 Å². The largest absolute Gasteiger partial charge is 0.497 e. The van der Waals surface area contributed by atoms with Gasteiger partial charge in [-0.15, -0.1) is 0 Å². The summed E-state index contributed by atoms with van der Waals surface area (Å²) >= 11 is 0. The minimum atomic E-state index is 0.139. The Kier molecular flexibility index (Phi) is 7.06. The summed E-state index contributed by atoms with van der Waals surface area (Å²) in [7, 11) is 1.69. The second-order valence-corrected chi connectivity index (χ2v) is 7.00. The predicted molar refractivity (Wildman–Crippen MR) is 97.2 cm³/mol. The third-order valence-electron chi connectivity index (χ3n) is 4.79. The van der Waals surface area contributed by atoms with Crippen molar-refractivity contribution in [3.63, 3.8) is 0 Å². The molecule has 1 aliphatic heterocycles. The summed E-state index contributed by atoms with van der Waals surface area (Å²) in [5.41, 5.74) is 1.30. The first-order chi connectivity index (χ1) is 11.5. The molecular weight excluding hydrogens is 302 g/mol. The molecule has 0 saturated carbocycles. The van der Waals surface area contributed by atoms with Crippen LogP contribution in [0.5, 0.6) is 5.75 Å². The van der Waals surface area contributed by atoms with E-state index in [0.717, 1.165) is 38.5 Å². The van der Waals surface area contributed by atoms with Crippen molar-refractivity contribution in [2.45, 2.75) is 33.4 Å². The Labute approximate surface area is 146 Å². The molecule has 1 aromatic rings. The highest BCUT2D eigenvalue weighted by Crippen LogP contribution is 2.14. The summed E-state index contributed by atoms with van der Waals surface area (Å²) in [5.74, 6) is 1.50. The monoisotopic (exact) mass is 333 g/mol. The summed E-state index contributed by atoms with van der Waals surface area (Å²) in [4.78, 5) is 16.8. The van der Waals surface area contributed by atoms with E-state index in [-0.39, 0.29) is 11.9 Å². The zero-order valence-corrected chi connectivity index (χ0v) is 15.4. The highest BCUT2D eigenvalue weighted by molar-refractivity contribution is 5.78. The van der Waals surface area contributed by atoms with Gasteiger partial charge in [0.25, 0.3) is 0 Å². The first kappa shape index (κ1) is 18.7. The topological polar surface area (TPSA) is 44.8 Å². The molecule has 0 aromatic heterocycles. The summed E-state index contributed by atoms with van der Waals surface area (Å²) in [6.07, 6.45) is 0. The van der Waals surface area contributed by atoms with E-state index in [1.807, 2.05) is 12.1 Å². The molecule has 24 heavy (non-hydrogen) atoms. The molecule has 1 fully saturated rings. The fourth-order valence-electron chi connectivity index (χ4n) is 2.76. The van der Waals surface area contributed by atoms with Gasteiger partial charge < -0.3 is 10.1 Å². The predicted octanol–water partition coefficient (Wildman–Crippen LogP) is 1.97. The lowest BCUT2D eigenvalue weighted by atomic mass is 10.1. The number of carbonyl (C=O) groups is 1. The molecule has 0 radical (unpaired) electrons. The molecule has 2 rings (SSSR count). The van der Waals surface area contributed by atoms with Gasteiger partial charge in [-0.25, -0.2) is 0 Å². The van der Waals surface area contributed by atoms with E-state index in [4.69, 9.17) is 4.74 Å². The number of nitrogens with one attached hydrogen (secondary N) is 1. The highest BCUT2D eigenvalue weighted by atomic mass is 16.5. The first-order valence-electron chi connectivity index (χ1n) is 8.85. The van der Waals surface area contributed by atoms with Gasteiger partial charge in [0.05, 0.1) is 13.7 Å². The fourth-order valence-corrected chi connectivity index (χ4v) is 2.76. The molecule has 1 atom stereocenters. The second kappa shape index (κ2) is 9.04. The van der Waals surface area contributed by atoms with Crippen LogP contribution < -0.4 is 10.1 Å².